The lowest BCUT2D eigenvalue weighted by atomic mass is 10.0. The van der Waals surface area contributed by atoms with Crippen molar-refractivity contribution in [3.63, 3.8) is 0 Å². The Morgan fingerprint density at radius 1 is 0.857 bits per heavy atom. The van der Waals surface area contributed by atoms with Crippen LogP contribution in [0.4, 0.5) is 28.8 Å². The molecular weight excluding hydrogens is 703 g/mol. The van der Waals surface area contributed by atoms with Gasteiger partial charge in [-0.2, -0.15) is 4.98 Å². The fourth-order valence-electron chi connectivity index (χ4n) is 7.14. The number of pyridine rings is 1. The van der Waals surface area contributed by atoms with Crippen molar-refractivity contribution >= 4 is 68.1 Å². The van der Waals surface area contributed by atoms with E-state index in [2.05, 4.69) is 65.4 Å². The van der Waals surface area contributed by atoms with E-state index in [1.165, 1.54) is 12.8 Å². The number of anilines is 5. The Balaban J connectivity index is 1.11. The number of aromatic nitrogens is 3. The van der Waals surface area contributed by atoms with Crippen LogP contribution < -0.4 is 30.3 Å². The predicted octanol–water partition coefficient (Wildman–Crippen LogP) is 6.63. The minimum absolute atomic E-state index is 0.376. The lowest BCUT2D eigenvalue weighted by Gasteiger charge is -2.42. The van der Waals surface area contributed by atoms with Gasteiger partial charge in [-0.3, -0.25) is 9.88 Å². The molecule has 2 aromatic heterocycles. The average Bonchev–Trinajstić information content (AvgIpc) is 3.95. The van der Waals surface area contributed by atoms with Gasteiger partial charge in [0.2, 0.25) is 5.95 Å². The zero-order chi connectivity index (χ0) is 34.3. The van der Waals surface area contributed by atoms with Gasteiger partial charge in [0, 0.05) is 85.9 Å². The van der Waals surface area contributed by atoms with Gasteiger partial charge in [0.1, 0.15) is 24.5 Å². The van der Waals surface area contributed by atoms with Crippen LogP contribution in [-0.4, -0.2) is 105 Å². The van der Waals surface area contributed by atoms with Gasteiger partial charge in [-0.1, -0.05) is 6.07 Å². The van der Waals surface area contributed by atoms with Gasteiger partial charge in [-0.25, -0.2) is 4.98 Å². The summed E-state index contributed by atoms with van der Waals surface area (Å²) in [5, 5.41) is 8.45. The number of piperazine rings is 1. The highest BCUT2D eigenvalue weighted by atomic mass is 79.9. The van der Waals surface area contributed by atoms with E-state index in [4.69, 9.17) is 19.4 Å². The predicted molar refractivity (Wildman–Crippen MR) is 203 cm³/mol. The molecule has 4 aromatic rings. The van der Waals surface area contributed by atoms with Crippen LogP contribution in [0.5, 0.6) is 11.5 Å². The number of hydrogen-bond donors (Lipinski definition) is 2. The molecule has 260 valence electrons. The molecule has 13 heteroatoms. The molecule has 7 rings (SSSR count). The zero-order valence-electron chi connectivity index (χ0n) is 29.0. The normalized spacial score (nSPS) is 18.1. The Morgan fingerprint density at radius 3 is 2.27 bits per heavy atom. The maximum atomic E-state index is 13.7. The van der Waals surface area contributed by atoms with Crippen molar-refractivity contribution in [1.29, 1.82) is 0 Å². The number of piperidine rings is 1. The van der Waals surface area contributed by atoms with Gasteiger partial charge >= 0.3 is 0 Å². The number of ether oxygens (including phenoxy) is 2. The summed E-state index contributed by atoms with van der Waals surface area (Å²) in [5.74, 6) is 2.90. The molecule has 2 aromatic carbocycles. The second-order valence-corrected chi connectivity index (χ2v) is 17.8. The Bertz CT molecular complexity index is 1880. The van der Waals surface area contributed by atoms with Crippen molar-refractivity contribution in [3.8, 4) is 11.5 Å². The van der Waals surface area contributed by atoms with Gasteiger partial charge in [0.15, 0.2) is 0 Å². The van der Waals surface area contributed by atoms with Crippen molar-refractivity contribution in [1.82, 2.24) is 24.8 Å². The molecule has 2 aliphatic heterocycles. The number of hydrogen-bond acceptors (Lipinski definition) is 11. The molecule has 2 N–H and O–H groups in total. The highest BCUT2D eigenvalue weighted by molar-refractivity contribution is 9.10. The monoisotopic (exact) mass is 748 g/mol. The highest BCUT2D eigenvalue weighted by Crippen LogP contribution is 2.44. The van der Waals surface area contributed by atoms with Gasteiger partial charge in [-0.15, -0.1) is 0 Å². The molecule has 3 fully saturated rings. The SMILES string of the molecule is COc1cc(N2CCC(N3CCN(C)CC3)CC2)c(OC)cc1Nc1ncc(Br)c(Nc2ccc3nc(C4CC4)ccc3c2P(C)(C)=O)n1. The first-order valence-electron chi connectivity index (χ1n) is 17.1. The number of likely N-dealkylation sites (N-methyl/N-ethyl adjacent to an activating group) is 1. The van der Waals surface area contributed by atoms with Crippen molar-refractivity contribution in [3.05, 3.63) is 52.8 Å². The molecule has 0 atom stereocenters. The number of nitrogens with zero attached hydrogens (tertiary/aromatic N) is 6. The lowest BCUT2D eigenvalue weighted by Crippen LogP contribution is -2.52. The van der Waals surface area contributed by atoms with Gasteiger partial charge in [0.25, 0.3) is 0 Å². The average molecular weight is 750 g/mol. The molecule has 0 spiro atoms. The smallest absolute Gasteiger partial charge is 0.229 e. The third-order valence-corrected chi connectivity index (χ3v) is 12.1. The second-order valence-electron chi connectivity index (χ2n) is 13.8. The molecule has 0 radical (unpaired) electrons. The van der Waals surface area contributed by atoms with Crippen molar-refractivity contribution in [2.24, 2.45) is 0 Å². The van der Waals surface area contributed by atoms with Crippen LogP contribution in [0.1, 0.15) is 37.3 Å². The van der Waals surface area contributed by atoms with Crippen LogP contribution >= 0.6 is 23.1 Å². The molecule has 1 aliphatic carbocycles. The number of fused-ring (bicyclic) bond motifs is 1. The van der Waals surface area contributed by atoms with E-state index in [9.17, 15) is 4.57 Å². The zero-order valence-corrected chi connectivity index (χ0v) is 31.5. The van der Waals surface area contributed by atoms with Crippen LogP contribution in [0.2, 0.25) is 0 Å². The number of rotatable bonds is 10. The first-order valence-corrected chi connectivity index (χ1v) is 20.5. The maximum Gasteiger partial charge on any atom is 0.229 e. The summed E-state index contributed by atoms with van der Waals surface area (Å²) in [6.45, 7) is 10.1. The summed E-state index contributed by atoms with van der Waals surface area (Å²) in [6.07, 6.45) is 6.31. The summed E-state index contributed by atoms with van der Waals surface area (Å²) < 4.78 is 26.1. The van der Waals surface area contributed by atoms with E-state index in [1.54, 1.807) is 33.7 Å². The molecule has 4 heterocycles. The third-order valence-electron chi connectivity index (χ3n) is 10.0. The quantitative estimate of drug-likeness (QED) is 0.171. The van der Waals surface area contributed by atoms with E-state index < -0.39 is 7.14 Å². The summed E-state index contributed by atoms with van der Waals surface area (Å²) in [4.78, 5) is 21.7. The van der Waals surface area contributed by atoms with Gasteiger partial charge < -0.3 is 34.5 Å². The Morgan fingerprint density at radius 2 is 1.59 bits per heavy atom. The van der Waals surface area contributed by atoms with Crippen molar-refractivity contribution in [2.75, 3.05) is 89.4 Å². The molecular formula is C36H46BrN8O3P. The summed E-state index contributed by atoms with van der Waals surface area (Å²) in [5.41, 5.74) is 4.42. The van der Waals surface area contributed by atoms with Gasteiger partial charge in [-0.05, 0) is 80.2 Å². The van der Waals surface area contributed by atoms with E-state index in [1.807, 2.05) is 24.3 Å². The Hall–Kier alpha value is -3.44. The molecule has 11 nitrogen and oxygen atoms in total. The standard InChI is InChI=1S/C36H46BrN8O3P/c1-43-16-18-44(19-17-43)24-12-14-45(15-13-24)31-21-32(47-2)30(20-33(31)48-3)41-36-38-22-26(37)35(42-36)40-29-11-10-28-25(34(29)49(4,5)46)8-9-27(39-28)23-6-7-23/h8-11,20-24H,6-7,12-19H2,1-5H3,(H2,38,40,41,42). The lowest BCUT2D eigenvalue weighted by molar-refractivity contribution is 0.0981. The number of halogens is 1. The van der Waals surface area contributed by atoms with E-state index >= 15 is 0 Å². The Labute approximate surface area is 297 Å². The largest absolute Gasteiger partial charge is 0.494 e. The first kappa shape index (κ1) is 34.0. The minimum Gasteiger partial charge on any atom is -0.494 e. The minimum atomic E-state index is -2.71. The highest BCUT2D eigenvalue weighted by Gasteiger charge is 2.29. The van der Waals surface area contributed by atoms with Crippen LogP contribution in [-0.2, 0) is 4.57 Å². The number of nitrogens with one attached hydrogen (secondary N) is 2. The number of benzene rings is 2. The fourth-order valence-corrected chi connectivity index (χ4v) is 8.91. The van der Waals surface area contributed by atoms with Crippen LogP contribution in [0.3, 0.4) is 0 Å². The van der Waals surface area contributed by atoms with Crippen LogP contribution in [0.25, 0.3) is 10.9 Å². The molecule has 49 heavy (non-hydrogen) atoms. The molecule has 1 saturated carbocycles. The molecule has 0 unspecified atom stereocenters. The van der Waals surface area contributed by atoms with E-state index in [-0.39, 0.29) is 0 Å². The van der Waals surface area contributed by atoms with Crippen molar-refractivity contribution in [2.45, 2.75) is 37.6 Å². The van der Waals surface area contributed by atoms with Crippen LogP contribution in [0, 0.1) is 0 Å². The van der Waals surface area contributed by atoms with Crippen LogP contribution in [0.15, 0.2) is 47.1 Å². The number of methoxy groups -OCH3 is 2. The Kier molecular flexibility index (Phi) is 9.76. The fraction of sp³-hybridized carbons (Fsp3) is 0.472. The van der Waals surface area contributed by atoms with E-state index in [0.717, 1.165) is 91.1 Å². The summed E-state index contributed by atoms with van der Waals surface area (Å²) in [7, 11) is 2.87. The summed E-state index contributed by atoms with van der Waals surface area (Å²) >= 11 is 3.62. The van der Waals surface area contributed by atoms with Crippen molar-refractivity contribution < 1.29 is 14.0 Å². The summed E-state index contributed by atoms with van der Waals surface area (Å²) in [6, 6.07) is 12.7. The topological polar surface area (TPSA) is 108 Å². The molecule has 0 bridgehead atoms. The molecule has 0 amide bonds. The van der Waals surface area contributed by atoms with E-state index in [0.29, 0.717) is 39.6 Å². The molecule has 2 saturated heterocycles. The third kappa shape index (κ3) is 7.38. The second kappa shape index (κ2) is 14.1. The molecule has 3 aliphatic rings. The first-order chi connectivity index (χ1) is 23.6. The maximum absolute atomic E-state index is 13.7. The van der Waals surface area contributed by atoms with Gasteiger partial charge in [0.05, 0.1) is 41.3 Å².